The van der Waals surface area contributed by atoms with Crippen LogP contribution < -0.4 is 0 Å². The smallest absolute Gasteiger partial charge is 0.417 e. The maximum Gasteiger partial charge on any atom is 0.417 e. The molecule has 3 N–H and O–H groups in total. The van der Waals surface area contributed by atoms with Crippen molar-refractivity contribution in [1.29, 1.82) is 5.26 Å². The van der Waals surface area contributed by atoms with Gasteiger partial charge in [-0.15, -0.1) is 0 Å². The molecule has 0 aliphatic carbocycles. The summed E-state index contributed by atoms with van der Waals surface area (Å²) in [5, 5.41) is 42.3. The molecule has 1 aromatic carbocycles. The van der Waals surface area contributed by atoms with Crippen LogP contribution in [0.2, 0.25) is 18.1 Å². The first kappa shape index (κ1) is 26.5. The molecule has 0 unspecified atom stereocenters. The van der Waals surface area contributed by atoms with Crippen LogP contribution in [0.5, 0.6) is 11.8 Å². The number of aliphatic hydroxyl groups is 1. The van der Waals surface area contributed by atoms with E-state index < -0.39 is 54.7 Å². The molecule has 1 saturated heterocycles. The fraction of sp³-hybridized carbons (Fsp3) is 0.560. The number of benzene rings is 1. The van der Waals surface area contributed by atoms with Crippen LogP contribution >= 0.6 is 0 Å². The average molecular weight is 525 g/mol. The summed E-state index contributed by atoms with van der Waals surface area (Å²) in [6, 6.07) is 4.44. The fourth-order valence-corrected chi connectivity index (χ4v) is 6.10. The Morgan fingerprint density at radius 3 is 2.36 bits per heavy atom. The highest BCUT2D eigenvalue weighted by atomic mass is 28.4. The van der Waals surface area contributed by atoms with Gasteiger partial charge in [0.05, 0.1) is 40.1 Å². The first-order valence-electron chi connectivity index (χ1n) is 11.7. The Morgan fingerprint density at radius 1 is 1.19 bits per heavy atom. The van der Waals surface area contributed by atoms with Crippen molar-refractivity contribution in [2.24, 2.45) is 0 Å². The van der Waals surface area contributed by atoms with Gasteiger partial charge in [0.25, 0.3) is 0 Å². The SMILES string of the molecule is CC(C)(C)[Si](C)(C)OCC[C@]12C[C@H](O)[C@](C)(O1)c1c2c(O)n(-c2ccc(C#N)c(C(F)(F)F)c2)c1O. The van der Waals surface area contributed by atoms with Crippen molar-refractivity contribution < 1.29 is 37.7 Å². The molecule has 0 amide bonds. The largest absolute Gasteiger partial charge is 0.494 e. The van der Waals surface area contributed by atoms with Gasteiger partial charge in [-0.05, 0) is 43.3 Å². The van der Waals surface area contributed by atoms with Crippen molar-refractivity contribution in [3.63, 3.8) is 0 Å². The second-order valence-corrected chi connectivity index (χ2v) is 16.2. The molecule has 7 nitrogen and oxygen atoms in total. The van der Waals surface area contributed by atoms with Crippen LogP contribution in [0.1, 0.15) is 62.8 Å². The van der Waals surface area contributed by atoms with Gasteiger partial charge in [0.1, 0.15) is 11.2 Å². The van der Waals surface area contributed by atoms with Gasteiger partial charge in [0.2, 0.25) is 11.8 Å². The maximum atomic E-state index is 13.6. The summed E-state index contributed by atoms with van der Waals surface area (Å²) in [7, 11) is -2.11. The van der Waals surface area contributed by atoms with Crippen LogP contribution in [0, 0.1) is 11.3 Å². The van der Waals surface area contributed by atoms with E-state index in [9.17, 15) is 28.5 Å². The zero-order valence-corrected chi connectivity index (χ0v) is 22.1. The Hall–Kier alpha value is -2.52. The third-order valence-corrected chi connectivity index (χ3v) is 12.6. The number of alkyl halides is 3. The summed E-state index contributed by atoms with van der Waals surface area (Å²) in [5.74, 6) is -0.989. The highest BCUT2D eigenvalue weighted by Crippen LogP contribution is 2.65. The van der Waals surface area contributed by atoms with Crippen LogP contribution in [0.15, 0.2) is 18.2 Å². The van der Waals surface area contributed by atoms with Crippen LogP contribution in [0.4, 0.5) is 13.2 Å². The number of hydrogen-bond acceptors (Lipinski definition) is 6. The average Bonchev–Trinajstić information content (AvgIpc) is 3.27. The van der Waals surface area contributed by atoms with Gasteiger partial charge >= 0.3 is 6.18 Å². The summed E-state index contributed by atoms with van der Waals surface area (Å²) in [5.41, 5.74) is -4.09. The molecule has 2 aliphatic rings. The van der Waals surface area contributed by atoms with E-state index in [1.165, 1.54) is 12.1 Å². The molecule has 0 radical (unpaired) electrons. The van der Waals surface area contributed by atoms with E-state index in [0.717, 1.165) is 10.6 Å². The lowest BCUT2D eigenvalue weighted by atomic mass is 9.76. The zero-order valence-electron chi connectivity index (χ0n) is 21.1. The van der Waals surface area contributed by atoms with Gasteiger partial charge in [-0.3, -0.25) is 4.57 Å². The van der Waals surface area contributed by atoms with Crippen molar-refractivity contribution in [2.45, 2.75) is 82.2 Å². The number of halogens is 3. The number of rotatable bonds is 5. The van der Waals surface area contributed by atoms with Crippen LogP contribution in [-0.2, 0) is 26.5 Å². The number of nitriles is 1. The summed E-state index contributed by atoms with van der Waals surface area (Å²) in [6.07, 6.45) is -5.41. The molecule has 2 aliphatic heterocycles. The predicted molar refractivity (Wildman–Crippen MR) is 127 cm³/mol. The minimum atomic E-state index is -4.81. The molecule has 3 atom stereocenters. The van der Waals surface area contributed by atoms with Crippen molar-refractivity contribution in [1.82, 2.24) is 4.57 Å². The fourth-order valence-electron chi connectivity index (χ4n) is 5.06. The molecule has 2 aromatic rings. The summed E-state index contributed by atoms with van der Waals surface area (Å²) >= 11 is 0. The lowest BCUT2D eigenvalue weighted by molar-refractivity contribution is -0.137. The molecular formula is C25H31F3N2O5Si. The maximum absolute atomic E-state index is 13.6. The standard InChI is InChI=1S/C25H31F3N2O5Si/c1-22(2,3)36(5,6)34-10-9-24-12-17(31)23(4,35-24)18-19(24)21(33)30(20(18)32)15-8-7-14(13-29)16(11-15)25(26,27)28/h7-8,11,17,31-33H,9-10,12H2,1-6H3/t17-,23-,24+/m0/s1. The van der Waals surface area contributed by atoms with E-state index in [0.29, 0.717) is 6.07 Å². The minimum Gasteiger partial charge on any atom is -0.494 e. The number of aromatic nitrogens is 1. The first-order valence-corrected chi connectivity index (χ1v) is 14.6. The van der Waals surface area contributed by atoms with E-state index in [2.05, 4.69) is 33.9 Å². The quantitative estimate of drug-likeness (QED) is 0.453. The number of aromatic hydroxyl groups is 2. The van der Waals surface area contributed by atoms with Gasteiger partial charge in [-0.1, -0.05) is 20.8 Å². The molecule has 4 rings (SSSR count). The highest BCUT2D eigenvalue weighted by molar-refractivity contribution is 6.74. The van der Waals surface area contributed by atoms with Crippen molar-refractivity contribution in [3.8, 4) is 23.5 Å². The second kappa shape index (κ2) is 7.99. The molecule has 3 heterocycles. The first-order chi connectivity index (χ1) is 16.4. The van der Waals surface area contributed by atoms with Gasteiger partial charge in [-0.25, -0.2) is 0 Å². The minimum absolute atomic E-state index is 0.0361. The number of hydrogen-bond donors (Lipinski definition) is 3. The Balaban J connectivity index is 1.80. The Kier molecular flexibility index (Phi) is 5.89. The molecule has 0 saturated carbocycles. The van der Waals surface area contributed by atoms with E-state index >= 15 is 0 Å². The van der Waals surface area contributed by atoms with Crippen molar-refractivity contribution in [3.05, 3.63) is 40.5 Å². The summed E-state index contributed by atoms with van der Waals surface area (Å²) in [4.78, 5) is 0. The van der Waals surface area contributed by atoms with Crippen LogP contribution in [-0.4, -0.2) is 40.9 Å². The molecule has 2 bridgehead atoms. The monoisotopic (exact) mass is 524 g/mol. The van der Waals surface area contributed by atoms with Crippen molar-refractivity contribution >= 4 is 8.32 Å². The van der Waals surface area contributed by atoms with E-state index in [4.69, 9.17) is 14.4 Å². The lowest BCUT2D eigenvalue weighted by Gasteiger charge is -2.37. The second-order valence-electron chi connectivity index (χ2n) is 11.4. The van der Waals surface area contributed by atoms with Gasteiger partial charge in [0, 0.05) is 19.4 Å². The molecule has 0 spiro atoms. The van der Waals surface area contributed by atoms with Crippen LogP contribution in [0.25, 0.3) is 5.69 Å². The lowest BCUT2D eigenvalue weighted by Crippen LogP contribution is -2.42. The number of ether oxygens (including phenoxy) is 1. The zero-order chi connectivity index (χ0) is 27.1. The third-order valence-electron chi connectivity index (χ3n) is 8.10. The van der Waals surface area contributed by atoms with E-state index in [1.807, 2.05) is 0 Å². The van der Waals surface area contributed by atoms with Crippen LogP contribution in [0.3, 0.4) is 0 Å². The highest BCUT2D eigenvalue weighted by Gasteiger charge is 2.66. The van der Waals surface area contributed by atoms with E-state index in [-0.39, 0.29) is 41.3 Å². The number of nitrogens with zero attached hydrogens (tertiary/aromatic N) is 2. The van der Waals surface area contributed by atoms with Gasteiger partial charge in [0.15, 0.2) is 8.32 Å². The Morgan fingerprint density at radius 2 is 1.81 bits per heavy atom. The van der Waals surface area contributed by atoms with Crippen molar-refractivity contribution in [2.75, 3.05) is 6.61 Å². The third kappa shape index (κ3) is 3.73. The topological polar surface area (TPSA) is 108 Å². The van der Waals surface area contributed by atoms with E-state index in [1.54, 1.807) is 6.92 Å². The molecular weight excluding hydrogens is 493 g/mol. The molecule has 11 heteroatoms. The normalized spacial score (nSPS) is 25.8. The Labute approximate surface area is 208 Å². The number of aliphatic hydroxyl groups excluding tert-OH is 1. The summed E-state index contributed by atoms with van der Waals surface area (Å²) in [6.45, 7) is 12.4. The predicted octanol–water partition coefficient (Wildman–Crippen LogP) is 5.40. The Bertz CT molecular complexity index is 1260. The molecule has 1 fully saturated rings. The van der Waals surface area contributed by atoms with Gasteiger partial charge in [-0.2, -0.15) is 18.4 Å². The number of fused-ring (bicyclic) bond motifs is 5. The summed E-state index contributed by atoms with van der Waals surface area (Å²) < 4.78 is 54.2. The molecule has 196 valence electrons. The molecule has 1 aromatic heterocycles. The van der Waals surface area contributed by atoms with Gasteiger partial charge < -0.3 is 24.5 Å². The molecule has 36 heavy (non-hydrogen) atoms.